The zero-order valence-electron chi connectivity index (χ0n) is 9.04. The molecule has 1 N–H and O–H groups in total. The first-order valence-corrected chi connectivity index (χ1v) is 7.13. The number of benzene rings is 1. The molecule has 0 bridgehead atoms. The van der Waals surface area contributed by atoms with Crippen LogP contribution >= 0.6 is 27.7 Å². The molecule has 1 fully saturated rings. The second kappa shape index (κ2) is 4.67. The van der Waals surface area contributed by atoms with E-state index < -0.39 is 5.60 Å². The van der Waals surface area contributed by atoms with E-state index in [1.807, 2.05) is 0 Å². The molecule has 2 unspecified atom stereocenters. The quantitative estimate of drug-likeness (QED) is 0.904. The Balaban J connectivity index is 2.17. The summed E-state index contributed by atoms with van der Waals surface area (Å²) in [6.07, 6.45) is 1.41. The van der Waals surface area contributed by atoms with Gasteiger partial charge in [0.05, 0.1) is 10.1 Å². The average molecular weight is 305 g/mol. The lowest BCUT2D eigenvalue weighted by molar-refractivity contribution is 0.0464. The van der Waals surface area contributed by atoms with Crippen molar-refractivity contribution in [1.82, 2.24) is 0 Å². The van der Waals surface area contributed by atoms with Gasteiger partial charge in [-0.05, 0) is 45.8 Å². The topological polar surface area (TPSA) is 20.2 Å². The fourth-order valence-corrected chi connectivity index (χ4v) is 3.77. The first-order chi connectivity index (χ1) is 7.51. The molecule has 2 rings (SSSR count). The van der Waals surface area contributed by atoms with Gasteiger partial charge < -0.3 is 5.11 Å². The Labute approximate surface area is 108 Å². The minimum Gasteiger partial charge on any atom is -0.388 e. The van der Waals surface area contributed by atoms with Gasteiger partial charge in [-0.1, -0.05) is 13.0 Å². The average Bonchev–Trinajstić information content (AvgIpc) is 2.53. The summed E-state index contributed by atoms with van der Waals surface area (Å²) in [5.41, 5.74) is 0.340. The highest BCUT2D eigenvalue weighted by molar-refractivity contribution is 9.10. The second-order valence-electron chi connectivity index (χ2n) is 4.29. The molecule has 1 nitrogen and oxygen atoms in total. The molecule has 1 aliphatic rings. The second-order valence-corrected chi connectivity index (χ2v) is 6.59. The molecule has 2 atom stereocenters. The van der Waals surface area contributed by atoms with E-state index in [0.717, 1.165) is 17.7 Å². The van der Waals surface area contributed by atoms with Gasteiger partial charge in [0.1, 0.15) is 5.82 Å². The molecular weight excluding hydrogens is 291 g/mol. The van der Waals surface area contributed by atoms with Gasteiger partial charge in [0.15, 0.2) is 0 Å². The van der Waals surface area contributed by atoms with Crippen molar-refractivity contribution >= 4 is 27.7 Å². The van der Waals surface area contributed by atoms with E-state index in [-0.39, 0.29) is 11.1 Å². The van der Waals surface area contributed by atoms with Gasteiger partial charge in [0, 0.05) is 11.7 Å². The summed E-state index contributed by atoms with van der Waals surface area (Å²) >= 11 is 4.96. The number of hydrogen-bond acceptors (Lipinski definition) is 2. The first kappa shape index (κ1) is 12.4. The summed E-state index contributed by atoms with van der Waals surface area (Å²) in [7, 11) is 0. The molecule has 16 heavy (non-hydrogen) atoms. The van der Waals surface area contributed by atoms with Crippen molar-refractivity contribution in [3.05, 3.63) is 34.1 Å². The van der Waals surface area contributed by atoms with Crippen LogP contribution < -0.4 is 0 Å². The van der Waals surface area contributed by atoms with Crippen molar-refractivity contribution < 1.29 is 9.50 Å². The van der Waals surface area contributed by atoms with Crippen LogP contribution in [-0.4, -0.2) is 21.7 Å². The Kier molecular flexibility index (Phi) is 3.62. The maximum absolute atomic E-state index is 13.1. The van der Waals surface area contributed by atoms with Crippen LogP contribution in [-0.2, 0) is 6.42 Å². The number of thioether (sulfide) groups is 1. The number of halogens is 2. The molecule has 1 heterocycles. The summed E-state index contributed by atoms with van der Waals surface area (Å²) in [6, 6.07) is 4.94. The van der Waals surface area contributed by atoms with Crippen LogP contribution in [0.25, 0.3) is 0 Å². The summed E-state index contributed by atoms with van der Waals surface area (Å²) < 4.78 is 13.5. The van der Waals surface area contributed by atoms with Crippen LogP contribution in [0.2, 0.25) is 0 Å². The molecule has 4 heteroatoms. The van der Waals surface area contributed by atoms with Crippen molar-refractivity contribution in [2.24, 2.45) is 0 Å². The van der Waals surface area contributed by atoms with Crippen molar-refractivity contribution in [3.63, 3.8) is 0 Å². The summed E-state index contributed by atoms with van der Waals surface area (Å²) in [5.74, 6) is 0.740. The maximum Gasteiger partial charge on any atom is 0.137 e. The highest BCUT2D eigenvalue weighted by Gasteiger charge is 2.38. The highest BCUT2D eigenvalue weighted by atomic mass is 79.9. The monoisotopic (exact) mass is 304 g/mol. The Hall–Kier alpha value is -0.0600. The largest absolute Gasteiger partial charge is 0.388 e. The Morgan fingerprint density at radius 1 is 1.62 bits per heavy atom. The van der Waals surface area contributed by atoms with Crippen molar-refractivity contribution in [2.45, 2.75) is 30.6 Å². The molecule has 1 aromatic rings. The number of hydrogen-bond donors (Lipinski definition) is 1. The third-order valence-corrected chi connectivity index (χ3v) is 5.14. The zero-order valence-corrected chi connectivity index (χ0v) is 11.4. The van der Waals surface area contributed by atoms with Crippen LogP contribution in [0.1, 0.15) is 18.9 Å². The van der Waals surface area contributed by atoms with Crippen LogP contribution in [0.3, 0.4) is 0 Å². The fourth-order valence-electron chi connectivity index (χ4n) is 2.01. The molecule has 1 saturated heterocycles. The Bertz CT molecular complexity index is 399. The molecule has 1 aromatic carbocycles. The zero-order chi connectivity index (χ0) is 11.8. The van der Waals surface area contributed by atoms with Crippen LogP contribution in [0.15, 0.2) is 22.7 Å². The van der Waals surface area contributed by atoms with Crippen molar-refractivity contribution in [3.8, 4) is 0 Å². The molecule has 0 aromatic heterocycles. The van der Waals surface area contributed by atoms with E-state index in [4.69, 9.17) is 0 Å². The van der Waals surface area contributed by atoms with Gasteiger partial charge in [-0.25, -0.2) is 4.39 Å². The summed E-state index contributed by atoms with van der Waals surface area (Å²) in [5, 5.41) is 10.7. The number of aliphatic hydroxyl groups is 1. The van der Waals surface area contributed by atoms with E-state index in [0.29, 0.717) is 10.9 Å². The molecule has 0 aliphatic carbocycles. The Morgan fingerprint density at radius 2 is 2.38 bits per heavy atom. The summed E-state index contributed by atoms with van der Waals surface area (Å²) in [4.78, 5) is 0. The predicted molar refractivity (Wildman–Crippen MR) is 69.3 cm³/mol. The first-order valence-electron chi connectivity index (χ1n) is 5.29. The van der Waals surface area contributed by atoms with E-state index >= 15 is 0 Å². The smallest absolute Gasteiger partial charge is 0.137 e. The third-order valence-electron chi connectivity index (χ3n) is 3.15. The highest BCUT2D eigenvalue weighted by Crippen LogP contribution is 2.38. The van der Waals surface area contributed by atoms with Crippen LogP contribution in [0.4, 0.5) is 4.39 Å². The fraction of sp³-hybridized carbons (Fsp3) is 0.500. The minimum atomic E-state index is -0.637. The van der Waals surface area contributed by atoms with E-state index in [2.05, 4.69) is 22.9 Å². The van der Waals surface area contributed by atoms with Gasteiger partial charge in [-0.3, -0.25) is 0 Å². The van der Waals surface area contributed by atoms with Gasteiger partial charge in [-0.2, -0.15) is 11.8 Å². The Morgan fingerprint density at radius 3 is 2.94 bits per heavy atom. The molecule has 0 amide bonds. The third kappa shape index (κ3) is 2.44. The van der Waals surface area contributed by atoms with Gasteiger partial charge in [0.2, 0.25) is 0 Å². The van der Waals surface area contributed by atoms with Gasteiger partial charge >= 0.3 is 0 Å². The standard InChI is InChI=1S/C12H14BrFOS/c1-8-12(15,4-5-16-8)7-9-2-3-11(14)10(13)6-9/h2-3,6,8,15H,4-5,7H2,1H3. The van der Waals surface area contributed by atoms with Gasteiger partial charge in [0.25, 0.3) is 0 Å². The molecule has 0 radical (unpaired) electrons. The lowest BCUT2D eigenvalue weighted by Gasteiger charge is -2.26. The molecule has 1 aliphatic heterocycles. The van der Waals surface area contributed by atoms with E-state index in [1.165, 1.54) is 6.07 Å². The normalized spacial score (nSPS) is 29.6. The van der Waals surface area contributed by atoms with Gasteiger partial charge in [-0.15, -0.1) is 0 Å². The van der Waals surface area contributed by atoms with Crippen molar-refractivity contribution in [1.29, 1.82) is 0 Å². The molecular formula is C12H14BrFOS. The lowest BCUT2D eigenvalue weighted by Crippen LogP contribution is -2.36. The van der Waals surface area contributed by atoms with E-state index in [1.54, 1.807) is 23.9 Å². The molecule has 0 saturated carbocycles. The maximum atomic E-state index is 13.1. The summed E-state index contributed by atoms with van der Waals surface area (Å²) in [6.45, 7) is 2.05. The lowest BCUT2D eigenvalue weighted by atomic mass is 9.89. The molecule has 88 valence electrons. The van der Waals surface area contributed by atoms with Crippen LogP contribution in [0.5, 0.6) is 0 Å². The van der Waals surface area contributed by atoms with Crippen molar-refractivity contribution in [2.75, 3.05) is 5.75 Å². The minimum absolute atomic E-state index is 0.247. The number of rotatable bonds is 2. The van der Waals surface area contributed by atoms with E-state index in [9.17, 15) is 9.50 Å². The SMILES string of the molecule is CC1SCCC1(O)Cc1ccc(F)c(Br)c1. The van der Waals surface area contributed by atoms with Crippen LogP contribution in [0, 0.1) is 5.82 Å². The predicted octanol–water partition coefficient (Wildman–Crippen LogP) is 3.39. The molecule has 0 spiro atoms.